The predicted molar refractivity (Wildman–Crippen MR) is 303 cm³/mol. The Kier molecular flexibility index (Phi) is 56.5. The number of carbonyl (C=O) groups is 2. The zero-order valence-corrected chi connectivity index (χ0v) is 47.9. The van der Waals surface area contributed by atoms with Crippen molar-refractivity contribution in [3.63, 3.8) is 0 Å². The number of allylic oxidation sites excluding steroid dienone is 4. The summed E-state index contributed by atoms with van der Waals surface area (Å²) in [6, 6.07) is 0. The third kappa shape index (κ3) is 57.6. The standard InChI is InChI=1S/C61H118NO8P/c1-3-5-7-9-11-13-15-17-19-21-23-25-27-28-29-30-32-33-35-37-39-41-43-45-47-49-51-53-60(63)67-57-59(58-69-71(65,66)68-56-55-62)70-61(64)54-52-50-48-46-44-42-40-38-36-34-31-26-24-22-20-18-16-14-12-10-8-6-4-2/h16,18,22,24,59H,3-15,17,19-21,23,25-58,62H2,1-2H3,(H,65,66)/b18-16-,24-22-. The van der Waals surface area contributed by atoms with Gasteiger partial charge >= 0.3 is 19.8 Å². The molecular formula is C61H118NO8P. The molecule has 0 bridgehead atoms. The molecule has 0 aliphatic rings. The highest BCUT2D eigenvalue weighted by Gasteiger charge is 2.26. The maximum Gasteiger partial charge on any atom is 0.472 e. The van der Waals surface area contributed by atoms with Gasteiger partial charge < -0.3 is 20.1 Å². The smallest absolute Gasteiger partial charge is 0.462 e. The van der Waals surface area contributed by atoms with E-state index in [-0.39, 0.29) is 38.6 Å². The van der Waals surface area contributed by atoms with Crippen molar-refractivity contribution in [2.24, 2.45) is 5.73 Å². The first-order valence-corrected chi connectivity index (χ1v) is 32.3. The minimum absolute atomic E-state index is 0.0555. The summed E-state index contributed by atoms with van der Waals surface area (Å²) in [7, 11) is -4.39. The van der Waals surface area contributed by atoms with E-state index in [9.17, 15) is 19.0 Å². The number of ether oxygens (including phenoxy) is 2. The van der Waals surface area contributed by atoms with Crippen LogP contribution in [0.4, 0.5) is 0 Å². The zero-order chi connectivity index (χ0) is 51.7. The van der Waals surface area contributed by atoms with E-state index in [0.29, 0.717) is 6.42 Å². The third-order valence-electron chi connectivity index (χ3n) is 13.8. The summed E-state index contributed by atoms with van der Waals surface area (Å²) < 4.78 is 33.1. The van der Waals surface area contributed by atoms with Crippen molar-refractivity contribution >= 4 is 19.8 Å². The molecule has 0 aromatic heterocycles. The van der Waals surface area contributed by atoms with Crippen LogP contribution in [0.5, 0.6) is 0 Å². The van der Waals surface area contributed by atoms with Crippen LogP contribution in [-0.2, 0) is 32.7 Å². The molecule has 0 fully saturated rings. The van der Waals surface area contributed by atoms with Crippen molar-refractivity contribution in [1.82, 2.24) is 0 Å². The van der Waals surface area contributed by atoms with Gasteiger partial charge in [-0.25, -0.2) is 4.57 Å². The van der Waals surface area contributed by atoms with Gasteiger partial charge in [-0.05, 0) is 44.9 Å². The van der Waals surface area contributed by atoms with Gasteiger partial charge in [0.1, 0.15) is 6.61 Å². The zero-order valence-electron chi connectivity index (χ0n) is 47.0. The van der Waals surface area contributed by atoms with E-state index < -0.39 is 26.5 Å². The molecule has 71 heavy (non-hydrogen) atoms. The summed E-state index contributed by atoms with van der Waals surface area (Å²) in [4.78, 5) is 35.2. The molecule has 0 radical (unpaired) electrons. The van der Waals surface area contributed by atoms with Gasteiger partial charge in [-0.1, -0.05) is 289 Å². The van der Waals surface area contributed by atoms with Crippen LogP contribution >= 0.6 is 7.82 Å². The number of unbranched alkanes of at least 4 members (excludes halogenated alkanes) is 42. The lowest BCUT2D eigenvalue weighted by atomic mass is 10.0. The Balaban J connectivity index is 3.89. The molecule has 2 atom stereocenters. The summed E-state index contributed by atoms with van der Waals surface area (Å²) >= 11 is 0. The number of nitrogens with two attached hydrogens (primary N) is 1. The van der Waals surface area contributed by atoms with Crippen LogP contribution in [0.25, 0.3) is 0 Å². The van der Waals surface area contributed by atoms with E-state index in [1.807, 2.05) is 0 Å². The van der Waals surface area contributed by atoms with Crippen molar-refractivity contribution in [1.29, 1.82) is 0 Å². The molecule has 0 saturated heterocycles. The van der Waals surface area contributed by atoms with Gasteiger partial charge in [0, 0.05) is 19.4 Å². The van der Waals surface area contributed by atoms with E-state index >= 15 is 0 Å². The molecule has 10 heteroatoms. The monoisotopic (exact) mass is 1020 g/mol. The van der Waals surface area contributed by atoms with Crippen molar-refractivity contribution in [2.45, 2.75) is 328 Å². The number of esters is 2. The Morgan fingerprint density at radius 2 is 0.732 bits per heavy atom. The topological polar surface area (TPSA) is 134 Å². The first-order chi connectivity index (χ1) is 34.8. The van der Waals surface area contributed by atoms with Crippen LogP contribution in [-0.4, -0.2) is 49.3 Å². The van der Waals surface area contributed by atoms with Crippen molar-refractivity contribution < 1.29 is 37.6 Å². The minimum Gasteiger partial charge on any atom is -0.462 e. The Morgan fingerprint density at radius 1 is 0.423 bits per heavy atom. The minimum atomic E-state index is -4.39. The molecule has 420 valence electrons. The Morgan fingerprint density at radius 3 is 1.07 bits per heavy atom. The van der Waals surface area contributed by atoms with Crippen molar-refractivity contribution in [3.8, 4) is 0 Å². The fourth-order valence-electron chi connectivity index (χ4n) is 9.26. The van der Waals surface area contributed by atoms with Gasteiger partial charge in [-0.3, -0.25) is 18.6 Å². The molecule has 0 aromatic rings. The normalized spacial score (nSPS) is 13.1. The lowest BCUT2D eigenvalue weighted by molar-refractivity contribution is -0.161. The summed E-state index contributed by atoms with van der Waals surface area (Å²) in [5.74, 6) is -0.811. The lowest BCUT2D eigenvalue weighted by Gasteiger charge is -2.19. The Hall–Kier alpha value is -1.51. The molecule has 0 aliphatic heterocycles. The second kappa shape index (κ2) is 57.8. The average molecular weight is 1020 g/mol. The van der Waals surface area contributed by atoms with Crippen LogP contribution in [0, 0.1) is 0 Å². The van der Waals surface area contributed by atoms with Crippen LogP contribution in [0.1, 0.15) is 322 Å². The number of rotatable bonds is 59. The van der Waals surface area contributed by atoms with E-state index in [0.717, 1.165) is 44.9 Å². The molecule has 0 rings (SSSR count). The largest absolute Gasteiger partial charge is 0.472 e. The van der Waals surface area contributed by atoms with Crippen molar-refractivity contribution in [3.05, 3.63) is 24.3 Å². The third-order valence-corrected chi connectivity index (χ3v) is 14.8. The van der Waals surface area contributed by atoms with Gasteiger partial charge in [0.05, 0.1) is 13.2 Å². The molecule has 9 nitrogen and oxygen atoms in total. The van der Waals surface area contributed by atoms with Crippen LogP contribution in [0.3, 0.4) is 0 Å². The summed E-state index contributed by atoms with van der Waals surface area (Å²) in [5.41, 5.74) is 5.39. The maximum absolute atomic E-state index is 12.7. The second-order valence-corrected chi connectivity index (χ2v) is 22.4. The summed E-state index contributed by atoms with van der Waals surface area (Å²) in [6.45, 7) is 3.80. The lowest BCUT2D eigenvalue weighted by Crippen LogP contribution is -2.29. The quantitative estimate of drug-likeness (QED) is 0.0264. The summed E-state index contributed by atoms with van der Waals surface area (Å²) in [6.07, 6.45) is 68.2. The van der Waals surface area contributed by atoms with E-state index in [1.165, 1.54) is 244 Å². The highest BCUT2D eigenvalue weighted by Crippen LogP contribution is 2.43. The molecule has 0 heterocycles. The van der Waals surface area contributed by atoms with Gasteiger partial charge in [-0.15, -0.1) is 0 Å². The molecule has 0 amide bonds. The van der Waals surface area contributed by atoms with E-state index in [1.54, 1.807) is 0 Å². The molecule has 2 unspecified atom stereocenters. The second-order valence-electron chi connectivity index (χ2n) is 20.9. The van der Waals surface area contributed by atoms with Gasteiger partial charge in [0.2, 0.25) is 0 Å². The fraction of sp³-hybridized carbons (Fsp3) is 0.902. The molecular weight excluding hydrogens is 906 g/mol. The number of phosphoric acid groups is 1. The fourth-order valence-corrected chi connectivity index (χ4v) is 10.0. The predicted octanol–water partition coefficient (Wildman–Crippen LogP) is 19.4. The Labute approximate surface area is 440 Å². The summed E-state index contributed by atoms with van der Waals surface area (Å²) in [5, 5.41) is 0. The van der Waals surface area contributed by atoms with Crippen molar-refractivity contribution in [2.75, 3.05) is 26.4 Å². The molecule has 0 spiro atoms. The van der Waals surface area contributed by atoms with Crippen LogP contribution in [0.15, 0.2) is 24.3 Å². The number of hydrogen-bond donors (Lipinski definition) is 2. The Bertz CT molecular complexity index is 1210. The molecule has 3 N–H and O–H groups in total. The highest BCUT2D eigenvalue weighted by molar-refractivity contribution is 7.47. The van der Waals surface area contributed by atoms with E-state index in [4.69, 9.17) is 24.3 Å². The average Bonchev–Trinajstić information content (AvgIpc) is 3.36. The SMILES string of the molecule is CCCCCCC/C=C\C/C=C\CCCCCCCCCCCCCC(=O)OC(COC(=O)CCCCCCCCCCCCCCCCCCCCCCCCCCCCC)COP(=O)(O)OCCN. The van der Waals surface area contributed by atoms with Crippen LogP contribution < -0.4 is 5.73 Å². The maximum atomic E-state index is 12.7. The van der Waals surface area contributed by atoms with Gasteiger partial charge in [0.25, 0.3) is 0 Å². The molecule has 0 aliphatic carbocycles. The number of carbonyl (C=O) groups excluding carboxylic acids is 2. The van der Waals surface area contributed by atoms with Gasteiger partial charge in [-0.2, -0.15) is 0 Å². The first-order valence-electron chi connectivity index (χ1n) is 30.8. The van der Waals surface area contributed by atoms with E-state index in [2.05, 4.69) is 38.2 Å². The highest BCUT2D eigenvalue weighted by atomic mass is 31.2. The number of hydrogen-bond acceptors (Lipinski definition) is 8. The van der Waals surface area contributed by atoms with Gasteiger partial charge in [0.15, 0.2) is 6.10 Å². The first kappa shape index (κ1) is 69.5. The van der Waals surface area contributed by atoms with Crippen LogP contribution in [0.2, 0.25) is 0 Å². The number of phosphoric ester groups is 1. The molecule has 0 saturated carbocycles. The molecule has 0 aromatic carbocycles.